The van der Waals surface area contributed by atoms with Crippen molar-refractivity contribution in [3.05, 3.63) is 23.3 Å². The van der Waals surface area contributed by atoms with Crippen LogP contribution >= 0.6 is 0 Å². The maximum Gasteiger partial charge on any atom is 0.261 e. The molecule has 0 aliphatic carbocycles. The third kappa shape index (κ3) is 6.07. The van der Waals surface area contributed by atoms with E-state index >= 15 is 0 Å². The highest BCUT2D eigenvalue weighted by molar-refractivity contribution is 7.85. The number of nitrogens with zero attached hydrogens (tertiary/aromatic N) is 1. The summed E-state index contributed by atoms with van der Waals surface area (Å²) < 4.78 is 36.8. The molecule has 3 atom stereocenters. The van der Waals surface area contributed by atoms with Gasteiger partial charge in [-0.25, -0.2) is 0 Å². The number of ether oxygens (including phenoxy) is 2. The first-order valence-electron chi connectivity index (χ1n) is 9.62. The summed E-state index contributed by atoms with van der Waals surface area (Å²) in [5.74, 6) is 2.61. The Hall–Kier alpha value is -1.35. The van der Waals surface area contributed by atoms with E-state index < -0.39 is 10.1 Å². The quantitative estimate of drug-likeness (QED) is 0.730. The number of fused-ring (bicyclic) bond motifs is 3. The number of aliphatic hydroxyl groups excluding tert-OH is 1. The van der Waals surface area contributed by atoms with Crippen LogP contribution in [0, 0.1) is 11.8 Å². The summed E-state index contributed by atoms with van der Waals surface area (Å²) in [4.78, 5) is 2.55. The minimum absolute atomic E-state index is 0.210. The zero-order valence-electron chi connectivity index (χ0n) is 17.4. The molecule has 0 aromatic heterocycles. The van der Waals surface area contributed by atoms with Crippen molar-refractivity contribution in [3.63, 3.8) is 0 Å². The van der Waals surface area contributed by atoms with Crippen molar-refractivity contribution in [2.75, 3.05) is 33.6 Å². The molecule has 8 heteroatoms. The second-order valence-corrected chi connectivity index (χ2v) is 9.56. The van der Waals surface area contributed by atoms with Crippen molar-refractivity contribution in [1.82, 2.24) is 4.90 Å². The van der Waals surface area contributed by atoms with Crippen molar-refractivity contribution in [1.29, 1.82) is 0 Å². The van der Waals surface area contributed by atoms with Gasteiger partial charge in [0.15, 0.2) is 11.5 Å². The van der Waals surface area contributed by atoms with E-state index in [0.717, 1.165) is 43.9 Å². The van der Waals surface area contributed by atoms with Crippen LogP contribution in [0.4, 0.5) is 0 Å². The van der Waals surface area contributed by atoms with Crippen LogP contribution in [-0.4, -0.2) is 62.6 Å². The normalized spacial score (nSPS) is 24.6. The average Bonchev–Trinajstić information content (AvgIpc) is 2.59. The Balaban J connectivity index is 0.000000500. The standard InChI is InChI=1S/C19H29NO3.CH4O3S/c1-12(2)7-14-11-20-6-5-13-8-18(22-3)19(23-4)9-15(13)16(20)10-17(14)21;1-5(2,3)4/h8-9,12,14,16-17,21H,5-7,10-11H2,1-4H3;1H3,(H,2,3,4)/t14-,16+,17-;/m1./s1. The van der Waals surface area contributed by atoms with Crippen LogP contribution in [0.2, 0.25) is 0 Å². The van der Waals surface area contributed by atoms with E-state index in [9.17, 15) is 13.5 Å². The number of benzene rings is 1. The molecule has 1 saturated heterocycles. The number of piperidine rings is 1. The van der Waals surface area contributed by atoms with Gasteiger partial charge in [0.2, 0.25) is 0 Å². The summed E-state index contributed by atoms with van der Waals surface area (Å²) >= 11 is 0. The second kappa shape index (κ2) is 9.43. The summed E-state index contributed by atoms with van der Waals surface area (Å²) in [6.07, 6.45) is 3.46. The lowest BCUT2D eigenvalue weighted by molar-refractivity contribution is -0.0191. The van der Waals surface area contributed by atoms with Gasteiger partial charge in [-0.3, -0.25) is 9.45 Å². The minimum atomic E-state index is -3.67. The van der Waals surface area contributed by atoms with Gasteiger partial charge in [-0.15, -0.1) is 0 Å². The van der Waals surface area contributed by atoms with Crippen LogP contribution in [0.3, 0.4) is 0 Å². The minimum Gasteiger partial charge on any atom is -0.493 e. The molecular weight excluding hydrogens is 382 g/mol. The summed E-state index contributed by atoms with van der Waals surface area (Å²) in [6.45, 7) is 6.54. The van der Waals surface area contributed by atoms with E-state index in [1.54, 1.807) is 14.2 Å². The average molecular weight is 416 g/mol. The van der Waals surface area contributed by atoms with Gasteiger partial charge in [0, 0.05) is 19.1 Å². The largest absolute Gasteiger partial charge is 0.493 e. The van der Waals surface area contributed by atoms with Crippen LogP contribution in [0.15, 0.2) is 12.1 Å². The zero-order valence-corrected chi connectivity index (χ0v) is 18.2. The molecular formula is C20H33NO6S. The van der Waals surface area contributed by atoms with Crippen molar-refractivity contribution in [2.24, 2.45) is 11.8 Å². The number of hydrogen-bond acceptors (Lipinski definition) is 6. The Morgan fingerprint density at radius 1 is 1.21 bits per heavy atom. The fourth-order valence-electron chi connectivity index (χ4n) is 4.26. The highest BCUT2D eigenvalue weighted by atomic mass is 32.2. The van der Waals surface area contributed by atoms with Crippen LogP contribution in [0.1, 0.15) is 43.9 Å². The van der Waals surface area contributed by atoms with Crippen LogP contribution in [0.5, 0.6) is 11.5 Å². The molecule has 2 N–H and O–H groups in total. The number of methoxy groups -OCH3 is 2. The van der Waals surface area contributed by atoms with Crippen molar-refractivity contribution in [3.8, 4) is 11.5 Å². The molecule has 160 valence electrons. The molecule has 1 aromatic carbocycles. The van der Waals surface area contributed by atoms with Crippen molar-refractivity contribution >= 4 is 10.1 Å². The van der Waals surface area contributed by atoms with Crippen molar-refractivity contribution < 1.29 is 27.6 Å². The molecule has 2 aliphatic heterocycles. The summed E-state index contributed by atoms with van der Waals surface area (Å²) in [7, 11) is -0.306. The molecule has 0 radical (unpaired) electrons. The van der Waals surface area contributed by atoms with E-state index in [1.165, 1.54) is 11.1 Å². The van der Waals surface area contributed by atoms with E-state index in [0.29, 0.717) is 24.1 Å². The fourth-order valence-corrected chi connectivity index (χ4v) is 4.26. The van der Waals surface area contributed by atoms with Crippen molar-refractivity contribution in [2.45, 2.75) is 45.3 Å². The zero-order chi connectivity index (χ0) is 21.1. The number of rotatable bonds is 4. The lowest BCUT2D eigenvalue weighted by atomic mass is 9.79. The smallest absolute Gasteiger partial charge is 0.261 e. The molecule has 0 unspecified atom stereocenters. The van der Waals surface area contributed by atoms with E-state index in [2.05, 4.69) is 30.9 Å². The molecule has 2 heterocycles. The van der Waals surface area contributed by atoms with Gasteiger partial charge in [0.05, 0.1) is 26.6 Å². The Bertz CT molecular complexity index is 756. The first-order chi connectivity index (χ1) is 13.0. The molecule has 1 aromatic rings. The maximum absolute atomic E-state index is 10.6. The Morgan fingerprint density at radius 3 is 2.32 bits per heavy atom. The number of hydrogen-bond donors (Lipinski definition) is 2. The lowest BCUT2D eigenvalue weighted by Gasteiger charge is -2.46. The molecule has 28 heavy (non-hydrogen) atoms. The SMILES string of the molecule is COc1cc2c(cc1OC)[C@@H]1C[C@@H](O)[C@H](CC(C)C)CN1CC2.CS(=O)(=O)O. The Morgan fingerprint density at radius 2 is 1.79 bits per heavy atom. The van der Waals surface area contributed by atoms with E-state index in [4.69, 9.17) is 14.0 Å². The first kappa shape index (κ1) is 22.9. The topological polar surface area (TPSA) is 96.3 Å². The lowest BCUT2D eigenvalue weighted by Crippen LogP contribution is -2.48. The van der Waals surface area contributed by atoms with Crippen LogP contribution in [-0.2, 0) is 16.5 Å². The number of aliphatic hydroxyl groups is 1. The molecule has 2 aliphatic rings. The summed E-state index contributed by atoms with van der Waals surface area (Å²) in [5, 5.41) is 10.6. The highest BCUT2D eigenvalue weighted by Gasteiger charge is 2.38. The maximum atomic E-state index is 10.6. The summed E-state index contributed by atoms with van der Waals surface area (Å²) in [6, 6.07) is 4.52. The third-order valence-electron chi connectivity index (χ3n) is 5.37. The molecule has 1 fully saturated rings. The molecule has 7 nitrogen and oxygen atoms in total. The predicted molar refractivity (Wildman–Crippen MR) is 109 cm³/mol. The molecule has 0 amide bonds. The summed E-state index contributed by atoms with van der Waals surface area (Å²) in [5.41, 5.74) is 2.63. The van der Waals surface area contributed by atoms with Gasteiger partial charge in [-0.05, 0) is 54.4 Å². The Kier molecular flexibility index (Phi) is 7.73. The highest BCUT2D eigenvalue weighted by Crippen LogP contribution is 2.43. The predicted octanol–water partition coefficient (Wildman–Crippen LogP) is 2.53. The first-order valence-corrected chi connectivity index (χ1v) is 11.5. The third-order valence-corrected chi connectivity index (χ3v) is 5.37. The molecule has 0 spiro atoms. The molecule has 0 saturated carbocycles. The second-order valence-electron chi connectivity index (χ2n) is 8.09. The molecule has 0 bridgehead atoms. The van der Waals surface area contributed by atoms with Gasteiger partial charge in [-0.2, -0.15) is 8.42 Å². The van der Waals surface area contributed by atoms with E-state index in [1.807, 2.05) is 0 Å². The Labute approximate surface area is 168 Å². The van der Waals surface area contributed by atoms with Crippen LogP contribution in [0.25, 0.3) is 0 Å². The van der Waals surface area contributed by atoms with Gasteiger partial charge >= 0.3 is 0 Å². The monoisotopic (exact) mass is 415 g/mol. The van der Waals surface area contributed by atoms with E-state index in [-0.39, 0.29) is 6.10 Å². The van der Waals surface area contributed by atoms with Crippen LogP contribution < -0.4 is 9.47 Å². The fraction of sp³-hybridized carbons (Fsp3) is 0.700. The molecule has 3 rings (SSSR count). The van der Waals surface area contributed by atoms with Gasteiger partial charge in [0.1, 0.15) is 0 Å². The van der Waals surface area contributed by atoms with Gasteiger partial charge < -0.3 is 14.6 Å². The van der Waals surface area contributed by atoms with Gasteiger partial charge in [0.25, 0.3) is 10.1 Å². The van der Waals surface area contributed by atoms with Gasteiger partial charge in [-0.1, -0.05) is 13.8 Å².